The summed E-state index contributed by atoms with van der Waals surface area (Å²) >= 11 is 0. The summed E-state index contributed by atoms with van der Waals surface area (Å²) in [5.41, 5.74) is 0.876. The van der Waals surface area contributed by atoms with Gasteiger partial charge in [-0.2, -0.15) is 0 Å². The molecule has 21 heavy (non-hydrogen) atoms. The van der Waals surface area contributed by atoms with Crippen molar-refractivity contribution in [3.63, 3.8) is 0 Å². The fourth-order valence-corrected chi connectivity index (χ4v) is 2.58. The molecule has 1 saturated heterocycles. The summed E-state index contributed by atoms with van der Waals surface area (Å²) in [6, 6.07) is 4.96. The van der Waals surface area contributed by atoms with E-state index in [4.69, 9.17) is 4.74 Å². The molecular weight excluding hydrogens is 270 g/mol. The van der Waals surface area contributed by atoms with Gasteiger partial charge in [-0.3, -0.25) is 10.1 Å². The average Bonchev–Trinajstić information content (AvgIpc) is 2.81. The Balaban J connectivity index is 2.04. The van der Waals surface area contributed by atoms with E-state index in [0.717, 1.165) is 25.3 Å². The van der Waals surface area contributed by atoms with Crippen LogP contribution in [-0.4, -0.2) is 42.6 Å². The van der Waals surface area contributed by atoms with E-state index in [1.54, 1.807) is 12.1 Å². The molecule has 1 aliphatic rings. The van der Waals surface area contributed by atoms with Gasteiger partial charge in [0.2, 0.25) is 0 Å². The molecule has 1 atom stereocenters. The van der Waals surface area contributed by atoms with Gasteiger partial charge in [-0.1, -0.05) is 0 Å². The Morgan fingerprint density at radius 3 is 2.86 bits per heavy atom. The average molecular weight is 293 g/mol. The Morgan fingerprint density at radius 2 is 2.29 bits per heavy atom. The molecule has 0 radical (unpaired) electrons. The normalized spacial score (nSPS) is 19.0. The van der Waals surface area contributed by atoms with Crippen LogP contribution < -0.4 is 10.1 Å². The molecule has 1 fully saturated rings. The number of nitro groups is 1. The first-order chi connectivity index (χ1) is 9.95. The van der Waals surface area contributed by atoms with Gasteiger partial charge in [-0.15, -0.1) is 0 Å². The predicted octanol–water partition coefficient (Wildman–Crippen LogP) is 2.75. The fourth-order valence-electron chi connectivity index (χ4n) is 2.58. The Hall–Kier alpha value is -1.82. The number of hydrogen-bond donors (Lipinski definition) is 1. The number of ether oxygens (including phenoxy) is 1. The smallest absolute Gasteiger partial charge is 0.311 e. The second-order valence-corrected chi connectivity index (χ2v) is 5.90. The molecule has 0 spiro atoms. The van der Waals surface area contributed by atoms with Gasteiger partial charge in [0.1, 0.15) is 0 Å². The number of nitrogens with zero attached hydrogens (tertiary/aromatic N) is 2. The van der Waals surface area contributed by atoms with Crippen LogP contribution in [-0.2, 0) is 0 Å². The molecule has 0 aliphatic carbocycles. The maximum Gasteiger partial charge on any atom is 0.311 e. The summed E-state index contributed by atoms with van der Waals surface area (Å²) in [7, 11) is 2.13. The summed E-state index contributed by atoms with van der Waals surface area (Å²) < 4.78 is 5.55. The van der Waals surface area contributed by atoms with Crippen LogP contribution in [0.2, 0.25) is 0 Å². The van der Waals surface area contributed by atoms with Crippen molar-refractivity contribution in [3.8, 4) is 5.75 Å². The van der Waals surface area contributed by atoms with Gasteiger partial charge < -0.3 is 15.0 Å². The number of nitrogens with one attached hydrogen (secondary N) is 1. The quantitative estimate of drug-likeness (QED) is 0.645. The summed E-state index contributed by atoms with van der Waals surface area (Å²) in [5.74, 6) is 0.947. The number of benzene rings is 1. The highest BCUT2D eigenvalue weighted by molar-refractivity contribution is 5.58. The van der Waals surface area contributed by atoms with Crippen molar-refractivity contribution >= 4 is 11.4 Å². The zero-order valence-electron chi connectivity index (χ0n) is 12.8. The van der Waals surface area contributed by atoms with Crippen LogP contribution in [0, 0.1) is 16.0 Å². The highest BCUT2D eigenvalue weighted by atomic mass is 16.6. The van der Waals surface area contributed by atoms with E-state index in [1.165, 1.54) is 12.5 Å². The van der Waals surface area contributed by atoms with Crippen molar-refractivity contribution in [2.75, 3.05) is 32.0 Å². The first kappa shape index (κ1) is 15.6. The van der Waals surface area contributed by atoms with Gasteiger partial charge in [-0.05, 0) is 45.8 Å². The van der Waals surface area contributed by atoms with Gasteiger partial charge in [0.25, 0.3) is 0 Å². The first-order valence-electron chi connectivity index (χ1n) is 7.33. The van der Waals surface area contributed by atoms with Crippen molar-refractivity contribution in [1.82, 2.24) is 4.90 Å². The zero-order valence-corrected chi connectivity index (χ0v) is 12.8. The highest BCUT2D eigenvalue weighted by Gasteiger charge is 2.20. The van der Waals surface area contributed by atoms with Crippen LogP contribution in [0.1, 0.15) is 20.3 Å². The van der Waals surface area contributed by atoms with Crippen LogP contribution in [0.4, 0.5) is 11.4 Å². The van der Waals surface area contributed by atoms with E-state index in [9.17, 15) is 10.1 Å². The van der Waals surface area contributed by atoms with E-state index in [-0.39, 0.29) is 11.8 Å². The Labute approximate surface area is 125 Å². The monoisotopic (exact) mass is 293 g/mol. The minimum atomic E-state index is -0.409. The molecule has 0 amide bonds. The molecule has 0 aromatic heterocycles. The maximum atomic E-state index is 11.0. The van der Waals surface area contributed by atoms with E-state index in [2.05, 4.69) is 17.3 Å². The SMILES string of the molecule is CC(C)Oc1cc(NCC2CCN(C)C2)ccc1[N+](=O)[O-]. The minimum absolute atomic E-state index is 0.00912. The van der Waals surface area contributed by atoms with Gasteiger partial charge in [0.15, 0.2) is 5.75 Å². The molecular formula is C15H23N3O3. The number of anilines is 1. The highest BCUT2D eigenvalue weighted by Crippen LogP contribution is 2.31. The molecule has 6 nitrogen and oxygen atoms in total. The molecule has 1 aliphatic heterocycles. The van der Waals surface area contributed by atoms with E-state index in [0.29, 0.717) is 11.7 Å². The second-order valence-electron chi connectivity index (χ2n) is 5.90. The Morgan fingerprint density at radius 1 is 1.52 bits per heavy atom. The number of hydrogen-bond acceptors (Lipinski definition) is 5. The maximum absolute atomic E-state index is 11.0. The van der Waals surface area contributed by atoms with Crippen LogP contribution in [0.15, 0.2) is 18.2 Å². The lowest BCUT2D eigenvalue weighted by atomic mass is 10.1. The molecule has 1 aromatic rings. The molecule has 1 unspecified atom stereocenters. The lowest BCUT2D eigenvalue weighted by Gasteiger charge is -2.15. The summed E-state index contributed by atoms with van der Waals surface area (Å²) in [6.45, 7) is 6.82. The second kappa shape index (κ2) is 6.76. The molecule has 6 heteroatoms. The molecule has 1 heterocycles. The van der Waals surface area contributed by atoms with Crippen molar-refractivity contribution in [2.45, 2.75) is 26.4 Å². The van der Waals surface area contributed by atoms with Crippen molar-refractivity contribution in [2.24, 2.45) is 5.92 Å². The minimum Gasteiger partial charge on any atom is -0.484 e. The fraction of sp³-hybridized carbons (Fsp3) is 0.600. The number of likely N-dealkylation sites (tertiary alicyclic amines) is 1. The molecule has 1 aromatic carbocycles. The van der Waals surface area contributed by atoms with Gasteiger partial charge >= 0.3 is 5.69 Å². The first-order valence-corrected chi connectivity index (χ1v) is 7.33. The zero-order chi connectivity index (χ0) is 15.4. The summed E-state index contributed by atoms with van der Waals surface area (Å²) in [4.78, 5) is 12.9. The molecule has 1 N–H and O–H groups in total. The third-order valence-corrected chi connectivity index (χ3v) is 3.60. The topological polar surface area (TPSA) is 67.6 Å². The van der Waals surface area contributed by atoms with Crippen LogP contribution in [0.3, 0.4) is 0 Å². The van der Waals surface area contributed by atoms with Gasteiger partial charge in [0, 0.05) is 30.9 Å². The van der Waals surface area contributed by atoms with Crippen LogP contribution in [0.25, 0.3) is 0 Å². The lowest BCUT2D eigenvalue weighted by Crippen LogP contribution is -2.19. The lowest BCUT2D eigenvalue weighted by molar-refractivity contribution is -0.386. The van der Waals surface area contributed by atoms with Crippen molar-refractivity contribution in [3.05, 3.63) is 28.3 Å². The van der Waals surface area contributed by atoms with Gasteiger partial charge in [-0.25, -0.2) is 0 Å². The van der Waals surface area contributed by atoms with E-state index >= 15 is 0 Å². The third-order valence-electron chi connectivity index (χ3n) is 3.60. The van der Waals surface area contributed by atoms with Crippen molar-refractivity contribution in [1.29, 1.82) is 0 Å². The van der Waals surface area contributed by atoms with Crippen molar-refractivity contribution < 1.29 is 9.66 Å². The molecule has 2 rings (SSSR count). The molecule has 0 bridgehead atoms. The predicted molar refractivity (Wildman–Crippen MR) is 83.0 cm³/mol. The summed E-state index contributed by atoms with van der Waals surface area (Å²) in [5, 5.41) is 14.4. The molecule has 116 valence electrons. The molecule has 0 saturated carbocycles. The summed E-state index contributed by atoms with van der Waals surface area (Å²) in [6.07, 6.45) is 1.09. The van der Waals surface area contributed by atoms with Crippen LogP contribution in [0.5, 0.6) is 5.75 Å². The third kappa shape index (κ3) is 4.32. The Kier molecular flexibility index (Phi) is 5.01. The van der Waals surface area contributed by atoms with E-state index in [1.807, 2.05) is 13.8 Å². The number of rotatable bonds is 6. The van der Waals surface area contributed by atoms with Crippen LogP contribution >= 0.6 is 0 Å². The Bertz CT molecular complexity index is 505. The number of nitro benzene ring substituents is 1. The van der Waals surface area contributed by atoms with E-state index < -0.39 is 4.92 Å². The standard InChI is InChI=1S/C15H23N3O3/c1-11(2)21-15-8-13(4-5-14(15)18(19)20)16-9-12-6-7-17(3)10-12/h4-5,8,11-12,16H,6-7,9-10H2,1-3H3. The largest absolute Gasteiger partial charge is 0.484 e. The van der Waals surface area contributed by atoms with Gasteiger partial charge in [0.05, 0.1) is 11.0 Å².